The molecule has 1 aromatic heterocycles. The number of hydrogen-bond donors (Lipinski definition) is 3. The number of nitrogens with one attached hydrogen (secondary N) is 3. The monoisotopic (exact) mass is 424 g/mol. The SMILES string of the molecule is C[C@H](NC(=O)OC(C)(C)C)C(=O)Nn1cc(Cl)c(C(=O)Nc2ccc(F)cc2)c1. The van der Waals surface area contributed by atoms with Gasteiger partial charge in [0.1, 0.15) is 17.5 Å². The Hall–Kier alpha value is -3.07. The average molecular weight is 425 g/mol. The highest BCUT2D eigenvalue weighted by molar-refractivity contribution is 6.34. The fourth-order valence-corrected chi connectivity index (χ4v) is 2.41. The fraction of sp³-hybridized carbons (Fsp3) is 0.316. The van der Waals surface area contributed by atoms with E-state index in [0.717, 1.165) is 0 Å². The van der Waals surface area contributed by atoms with Crippen molar-refractivity contribution in [2.75, 3.05) is 10.7 Å². The van der Waals surface area contributed by atoms with Crippen LogP contribution < -0.4 is 16.1 Å². The second-order valence-corrected chi connectivity index (χ2v) is 7.64. The quantitative estimate of drug-likeness (QED) is 0.683. The van der Waals surface area contributed by atoms with Crippen molar-refractivity contribution in [1.82, 2.24) is 9.99 Å². The van der Waals surface area contributed by atoms with E-state index in [2.05, 4.69) is 16.1 Å². The standard InChI is InChI=1S/C19H22ClFN4O4/c1-11(22-18(28)29-19(2,3)4)16(26)24-25-9-14(15(20)10-25)17(27)23-13-7-5-12(21)6-8-13/h5-11H,1-4H3,(H,22,28)(H,23,27)(H,24,26)/t11-/m0/s1. The number of halogens is 2. The van der Waals surface area contributed by atoms with E-state index < -0.39 is 35.4 Å². The molecular weight excluding hydrogens is 403 g/mol. The van der Waals surface area contributed by atoms with E-state index in [1.165, 1.54) is 48.3 Å². The Bertz CT molecular complexity index is 906. The number of carbonyl (C=O) groups is 3. The lowest BCUT2D eigenvalue weighted by Crippen LogP contribution is -2.45. The maximum atomic E-state index is 12.9. The molecule has 2 rings (SSSR count). The summed E-state index contributed by atoms with van der Waals surface area (Å²) in [6, 6.07) is 4.33. The van der Waals surface area contributed by atoms with Gasteiger partial charge in [0.25, 0.3) is 11.8 Å². The predicted molar refractivity (Wildman–Crippen MR) is 107 cm³/mol. The molecule has 1 aromatic carbocycles. The van der Waals surface area contributed by atoms with Crippen molar-refractivity contribution in [2.24, 2.45) is 0 Å². The van der Waals surface area contributed by atoms with Crippen molar-refractivity contribution in [3.05, 3.63) is 53.1 Å². The molecule has 156 valence electrons. The van der Waals surface area contributed by atoms with Gasteiger partial charge in [0.15, 0.2) is 0 Å². The molecule has 8 nitrogen and oxygen atoms in total. The molecule has 3 amide bonds. The largest absolute Gasteiger partial charge is 0.444 e. The Kier molecular flexibility index (Phi) is 6.86. The van der Waals surface area contributed by atoms with Gasteiger partial charge in [-0.2, -0.15) is 0 Å². The van der Waals surface area contributed by atoms with Crippen molar-refractivity contribution >= 4 is 35.2 Å². The number of alkyl carbamates (subject to hydrolysis) is 1. The Morgan fingerprint density at radius 1 is 1.14 bits per heavy atom. The lowest BCUT2D eigenvalue weighted by atomic mass is 10.2. The van der Waals surface area contributed by atoms with Gasteiger partial charge in [0.2, 0.25) is 0 Å². The topological polar surface area (TPSA) is 101 Å². The minimum Gasteiger partial charge on any atom is -0.444 e. The first kappa shape index (κ1) is 22.2. The van der Waals surface area contributed by atoms with Crippen LogP contribution >= 0.6 is 11.6 Å². The van der Waals surface area contributed by atoms with Crippen LogP contribution in [-0.2, 0) is 9.53 Å². The van der Waals surface area contributed by atoms with Gasteiger partial charge in [0, 0.05) is 18.1 Å². The van der Waals surface area contributed by atoms with Crippen LogP contribution in [0.15, 0.2) is 36.7 Å². The summed E-state index contributed by atoms with van der Waals surface area (Å²) in [7, 11) is 0. The van der Waals surface area contributed by atoms with Crippen LogP contribution in [0.4, 0.5) is 14.9 Å². The minimum atomic E-state index is -0.900. The molecule has 0 saturated carbocycles. The van der Waals surface area contributed by atoms with Crippen molar-refractivity contribution in [2.45, 2.75) is 39.3 Å². The lowest BCUT2D eigenvalue weighted by molar-refractivity contribution is -0.118. The Morgan fingerprint density at radius 3 is 2.34 bits per heavy atom. The number of amides is 3. The summed E-state index contributed by atoms with van der Waals surface area (Å²) < 4.78 is 19.2. The molecule has 3 N–H and O–H groups in total. The van der Waals surface area contributed by atoms with E-state index in [4.69, 9.17) is 16.3 Å². The summed E-state index contributed by atoms with van der Waals surface area (Å²) in [5, 5.41) is 5.08. The number of aromatic nitrogens is 1. The molecule has 0 unspecified atom stereocenters. The molecule has 0 aliphatic carbocycles. The molecule has 1 heterocycles. The van der Waals surface area contributed by atoms with Gasteiger partial charge in [0.05, 0.1) is 10.6 Å². The third kappa shape index (κ3) is 6.79. The molecule has 0 bridgehead atoms. The third-order valence-corrected chi connectivity index (χ3v) is 3.79. The highest BCUT2D eigenvalue weighted by Crippen LogP contribution is 2.19. The second kappa shape index (κ2) is 8.95. The number of anilines is 1. The summed E-state index contributed by atoms with van der Waals surface area (Å²) in [4.78, 5) is 36.3. The van der Waals surface area contributed by atoms with Crippen molar-refractivity contribution < 1.29 is 23.5 Å². The number of hydrogen-bond acceptors (Lipinski definition) is 4. The molecule has 0 aliphatic heterocycles. The molecule has 0 spiro atoms. The van der Waals surface area contributed by atoms with Crippen LogP contribution in [-0.4, -0.2) is 34.2 Å². The minimum absolute atomic E-state index is 0.0951. The normalized spacial score (nSPS) is 12.1. The van der Waals surface area contributed by atoms with Gasteiger partial charge in [-0.3, -0.25) is 19.7 Å². The van der Waals surface area contributed by atoms with Gasteiger partial charge in [-0.15, -0.1) is 0 Å². The van der Waals surface area contributed by atoms with E-state index in [9.17, 15) is 18.8 Å². The van der Waals surface area contributed by atoms with Crippen LogP contribution in [0.1, 0.15) is 38.1 Å². The smallest absolute Gasteiger partial charge is 0.408 e. The summed E-state index contributed by atoms with van der Waals surface area (Å²) in [6.45, 7) is 6.60. The summed E-state index contributed by atoms with van der Waals surface area (Å²) in [5.74, 6) is -1.51. The Balaban J connectivity index is 1.98. The first-order valence-electron chi connectivity index (χ1n) is 8.69. The van der Waals surface area contributed by atoms with Crippen LogP contribution in [0.5, 0.6) is 0 Å². The van der Waals surface area contributed by atoms with E-state index in [1.54, 1.807) is 20.8 Å². The molecule has 0 fully saturated rings. The highest BCUT2D eigenvalue weighted by Gasteiger charge is 2.22. The third-order valence-electron chi connectivity index (χ3n) is 3.49. The first-order chi connectivity index (χ1) is 13.4. The van der Waals surface area contributed by atoms with Crippen LogP contribution in [0, 0.1) is 5.82 Å². The summed E-state index contributed by atoms with van der Waals surface area (Å²) in [5.41, 5.74) is 2.29. The van der Waals surface area contributed by atoms with E-state index >= 15 is 0 Å². The Labute approximate surface area is 172 Å². The van der Waals surface area contributed by atoms with Crippen LogP contribution in [0.2, 0.25) is 5.02 Å². The molecule has 0 saturated heterocycles. The van der Waals surface area contributed by atoms with E-state index in [-0.39, 0.29) is 10.6 Å². The molecular formula is C19H22ClFN4O4. The van der Waals surface area contributed by atoms with Crippen molar-refractivity contribution in [3.8, 4) is 0 Å². The van der Waals surface area contributed by atoms with Crippen molar-refractivity contribution in [1.29, 1.82) is 0 Å². The Morgan fingerprint density at radius 2 is 1.76 bits per heavy atom. The molecule has 2 aromatic rings. The fourth-order valence-electron chi connectivity index (χ4n) is 2.17. The number of nitrogens with zero attached hydrogens (tertiary/aromatic N) is 1. The summed E-state index contributed by atoms with van der Waals surface area (Å²) in [6.07, 6.45) is 1.92. The first-order valence-corrected chi connectivity index (χ1v) is 9.07. The zero-order valence-electron chi connectivity index (χ0n) is 16.4. The molecule has 29 heavy (non-hydrogen) atoms. The van der Waals surface area contributed by atoms with E-state index in [0.29, 0.717) is 5.69 Å². The van der Waals surface area contributed by atoms with Crippen LogP contribution in [0.25, 0.3) is 0 Å². The number of carbonyl (C=O) groups excluding carboxylic acids is 3. The van der Waals surface area contributed by atoms with E-state index in [1.807, 2.05) is 0 Å². The molecule has 0 aliphatic rings. The van der Waals surface area contributed by atoms with Crippen molar-refractivity contribution in [3.63, 3.8) is 0 Å². The maximum absolute atomic E-state index is 12.9. The molecule has 10 heteroatoms. The lowest BCUT2D eigenvalue weighted by Gasteiger charge is -2.21. The summed E-state index contributed by atoms with van der Waals surface area (Å²) >= 11 is 6.07. The van der Waals surface area contributed by atoms with Gasteiger partial charge in [-0.25, -0.2) is 9.18 Å². The number of ether oxygens (including phenoxy) is 1. The highest BCUT2D eigenvalue weighted by atomic mass is 35.5. The second-order valence-electron chi connectivity index (χ2n) is 7.23. The van der Waals surface area contributed by atoms with Gasteiger partial charge in [-0.1, -0.05) is 11.6 Å². The molecule has 1 atom stereocenters. The zero-order valence-corrected chi connectivity index (χ0v) is 17.1. The van der Waals surface area contributed by atoms with Gasteiger partial charge < -0.3 is 15.4 Å². The maximum Gasteiger partial charge on any atom is 0.408 e. The molecule has 0 radical (unpaired) electrons. The van der Waals surface area contributed by atoms with Gasteiger partial charge in [-0.05, 0) is 52.0 Å². The zero-order chi connectivity index (χ0) is 21.8. The predicted octanol–water partition coefficient (Wildman–Crippen LogP) is 3.52. The van der Waals surface area contributed by atoms with Gasteiger partial charge >= 0.3 is 6.09 Å². The number of rotatable bonds is 5. The van der Waals surface area contributed by atoms with Crippen LogP contribution in [0.3, 0.4) is 0 Å². The number of benzene rings is 1. The average Bonchev–Trinajstić information content (AvgIpc) is 2.95.